The normalized spacial score (nSPS) is 20.5. The van der Waals surface area contributed by atoms with E-state index in [0.717, 1.165) is 24.7 Å². The van der Waals surface area contributed by atoms with E-state index in [1.54, 1.807) is 0 Å². The van der Waals surface area contributed by atoms with Gasteiger partial charge in [-0.15, -0.1) is 0 Å². The maximum absolute atomic E-state index is 11.1. The minimum absolute atomic E-state index is 0.493. The van der Waals surface area contributed by atoms with E-state index in [4.69, 9.17) is 0 Å². The summed E-state index contributed by atoms with van der Waals surface area (Å²) in [6, 6.07) is 0. The van der Waals surface area contributed by atoms with Gasteiger partial charge in [-0.2, -0.15) is 0 Å². The highest BCUT2D eigenvalue weighted by molar-refractivity contribution is 5.78. The second-order valence-electron chi connectivity index (χ2n) is 5.13. The van der Waals surface area contributed by atoms with Gasteiger partial charge < -0.3 is 0 Å². The zero-order chi connectivity index (χ0) is 11.1. The molecule has 1 saturated carbocycles. The molecule has 0 bridgehead atoms. The van der Waals surface area contributed by atoms with Crippen molar-refractivity contribution in [1.82, 2.24) is 0 Å². The molecule has 1 nitrogen and oxygen atoms in total. The molecule has 1 unspecified atom stereocenters. The maximum atomic E-state index is 11.1. The van der Waals surface area contributed by atoms with E-state index in [9.17, 15) is 4.79 Å². The summed E-state index contributed by atoms with van der Waals surface area (Å²) in [5.74, 6) is 2.26. The van der Waals surface area contributed by atoms with E-state index in [-0.39, 0.29) is 0 Å². The Morgan fingerprint density at radius 2 is 1.93 bits per heavy atom. The zero-order valence-corrected chi connectivity index (χ0v) is 10.4. The van der Waals surface area contributed by atoms with Gasteiger partial charge in [0.25, 0.3) is 0 Å². The number of carbonyl (C=O) groups excluding carboxylic acids is 1. The highest BCUT2D eigenvalue weighted by atomic mass is 16.1. The molecule has 15 heavy (non-hydrogen) atoms. The van der Waals surface area contributed by atoms with E-state index in [0.29, 0.717) is 5.78 Å². The lowest BCUT2D eigenvalue weighted by Crippen LogP contribution is -2.16. The molecular formula is C14H26O. The quantitative estimate of drug-likeness (QED) is 0.637. The first-order valence-corrected chi connectivity index (χ1v) is 6.77. The molecule has 88 valence electrons. The molecule has 0 saturated heterocycles. The third kappa shape index (κ3) is 4.81. The van der Waals surface area contributed by atoms with Crippen molar-refractivity contribution < 1.29 is 4.79 Å². The number of unbranched alkanes of at least 4 members (excludes halogenated alkanes) is 1. The van der Waals surface area contributed by atoms with Crippen LogP contribution in [0.4, 0.5) is 0 Å². The first-order valence-electron chi connectivity index (χ1n) is 6.77. The van der Waals surface area contributed by atoms with Crippen molar-refractivity contribution in [3.05, 3.63) is 0 Å². The minimum Gasteiger partial charge on any atom is -0.300 e. The molecule has 0 amide bonds. The SMILES string of the molecule is CCCCC(CC)CC1CCC(=O)CC1. The molecule has 1 fully saturated rings. The van der Waals surface area contributed by atoms with Crippen molar-refractivity contribution in [2.24, 2.45) is 11.8 Å². The largest absolute Gasteiger partial charge is 0.300 e. The Kier molecular flexibility index (Phi) is 5.97. The standard InChI is InChI=1S/C14H26O/c1-3-5-6-12(4-2)11-13-7-9-14(15)10-8-13/h12-13H,3-11H2,1-2H3. The van der Waals surface area contributed by atoms with Crippen LogP contribution in [0.5, 0.6) is 0 Å². The van der Waals surface area contributed by atoms with Crippen LogP contribution >= 0.6 is 0 Å². The summed E-state index contributed by atoms with van der Waals surface area (Å²) < 4.78 is 0. The van der Waals surface area contributed by atoms with Crippen LogP contribution in [0.15, 0.2) is 0 Å². The van der Waals surface area contributed by atoms with Crippen LogP contribution in [0.2, 0.25) is 0 Å². The number of carbonyl (C=O) groups is 1. The zero-order valence-electron chi connectivity index (χ0n) is 10.4. The molecule has 0 radical (unpaired) electrons. The summed E-state index contributed by atoms with van der Waals surface area (Å²) in [5, 5.41) is 0. The summed E-state index contributed by atoms with van der Waals surface area (Å²) in [7, 11) is 0. The van der Waals surface area contributed by atoms with Gasteiger partial charge in [-0.1, -0.05) is 39.5 Å². The number of hydrogen-bond acceptors (Lipinski definition) is 1. The Balaban J connectivity index is 2.22. The maximum Gasteiger partial charge on any atom is 0.132 e. The van der Waals surface area contributed by atoms with Gasteiger partial charge in [-0.3, -0.25) is 4.79 Å². The summed E-state index contributed by atoms with van der Waals surface area (Å²) in [6.07, 6.45) is 10.8. The van der Waals surface area contributed by atoms with Gasteiger partial charge in [0, 0.05) is 12.8 Å². The van der Waals surface area contributed by atoms with Crippen LogP contribution in [-0.2, 0) is 4.79 Å². The van der Waals surface area contributed by atoms with Crippen LogP contribution in [0.25, 0.3) is 0 Å². The minimum atomic E-state index is 0.493. The van der Waals surface area contributed by atoms with Crippen LogP contribution in [0.1, 0.15) is 71.6 Å². The van der Waals surface area contributed by atoms with Gasteiger partial charge in [-0.25, -0.2) is 0 Å². The van der Waals surface area contributed by atoms with E-state index in [2.05, 4.69) is 13.8 Å². The van der Waals surface area contributed by atoms with Crippen molar-refractivity contribution in [2.45, 2.75) is 71.6 Å². The van der Waals surface area contributed by atoms with Crippen molar-refractivity contribution >= 4 is 5.78 Å². The lowest BCUT2D eigenvalue weighted by atomic mass is 9.80. The molecule has 0 spiro atoms. The predicted octanol–water partition coefficient (Wildman–Crippen LogP) is 4.35. The average Bonchev–Trinajstić information content (AvgIpc) is 2.27. The van der Waals surface area contributed by atoms with Crippen LogP contribution in [0.3, 0.4) is 0 Å². The second kappa shape index (κ2) is 7.03. The first-order chi connectivity index (χ1) is 7.26. The molecular weight excluding hydrogens is 184 g/mol. The van der Waals surface area contributed by atoms with E-state index < -0.39 is 0 Å². The molecule has 0 N–H and O–H groups in total. The molecule has 0 aliphatic heterocycles. The summed E-state index contributed by atoms with van der Waals surface area (Å²) in [4.78, 5) is 11.1. The first kappa shape index (κ1) is 12.7. The molecule has 1 atom stereocenters. The summed E-state index contributed by atoms with van der Waals surface area (Å²) >= 11 is 0. The van der Waals surface area contributed by atoms with Crippen LogP contribution in [-0.4, -0.2) is 5.78 Å². The lowest BCUT2D eigenvalue weighted by Gasteiger charge is -2.25. The van der Waals surface area contributed by atoms with Gasteiger partial charge in [0.2, 0.25) is 0 Å². The Bertz CT molecular complexity index is 176. The number of rotatable bonds is 6. The monoisotopic (exact) mass is 210 g/mol. The topological polar surface area (TPSA) is 17.1 Å². The number of Topliss-reactive ketones (excluding diaryl/α,β-unsaturated/α-hetero) is 1. The molecule has 0 aromatic heterocycles. The molecule has 0 aromatic carbocycles. The fourth-order valence-electron chi connectivity index (χ4n) is 2.69. The molecule has 1 heteroatoms. The smallest absolute Gasteiger partial charge is 0.132 e. The van der Waals surface area contributed by atoms with Gasteiger partial charge in [0.05, 0.1) is 0 Å². The van der Waals surface area contributed by atoms with Crippen molar-refractivity contribution in [2.75, 3.05) is 0 Å². The van der Waals surface area contributed by atoms with Crippen molar-refractivity contribution in [3.8, 4) is 0 Å². The van der Waals surface area contributed by atoms with Crippen molar-refractivity contribution in [3.63, 3.8) is 0 Å². The van der Waals surface area contributed by atoms with Gasteiger partial charge >= 0.3 is 0 Å². The van der Waals surface area contributed by atoms with E-state index >= 15 is 0 Å². The highest BCUT2D eigenvalue weighted by Gasteiger charge is 2.21. The molecule has 0 heterocycles. The lowest BCUT2D eigenvalue weighted by molar-refractivity contribution is -0.121. The summed E-state index contributed by atoms with van der Waals surface area (Å²) in [6.45, 7) is 4.58. The van der Waals surface area contributed by atoms with Crippen molar-refractivity contribution in [1.29, 1.82) is 0 Å². The van der Waals surface area contributed by atoms with Crippen LogP contribution < -0.4 is 0 Å². The fraction of sp³-hybridized carbons (Fsp3) is 0.929. The average molecular weight is 210 g/mol. The molecule has 1 rings (SSSR count). The highest BCUT2D eigenvalue weighted by Crippen LogP contribution is 2.30. The van der Waals surface area contributed by atoms with Gasteiger partial charge in [0.1, 0.15) is 5.78 Å². The molecule has 0 aromatic rings. The third-order valence-electron chi connectivity index (χ3n) is 3.87. The second-order valence-corrected chi connectivity index (χ2v) is 5.13. The van der Waals surface area contributed by atoms with E-state index in [1.165, 1.54) is 44.9 Å². The Hall–Kier alpha value is -0.330. The Morgan fingerprint density at radius 1 is 1.27 bits per heavy atom. The Morgan fingerprint density at radius 3 is 2.47 bits per heavy atom. The number of hydrogen-bond donors (Lipinski definition) is 0. The molecule has 1 aliphatic carbocycles. The Labute approximate surface area is 94.6 Å². The fourth-order valence-corrected chi connectivity index (χ4v) is 2.69. The van der Waals surface area contributed by atoms with E-state index in [1.807, 2.05) is 0 Å². The summed E-state index contributed by atoms with van der Waals surface area (Å²) in [5.41, 5.74) is 0. The molecule has 1 aliphatic rings. The van der Waals surface area contributed by atoms with Crippen LogP contribution in [0, 0.1) is 11.8 Å². The van der Waals surface area contributed by atoms with Gasteiger partial charge in [0.15, 0.2) is 0 Å². The third-order valence-corrected chi connectivity index (χ3v) is 3.87. The number of ketones is 1. The predicted molar refractivity (Wildman–Crippen MR) is 64.9 cm³/mol. The van der Waals surface area contributed by atoms with Gasteiger partial charge in [-0.05, 0) is 31.1 Å².